The van der Waals surface area contributed by atoms with E-state index >= 15 is 4.39 Å². The van der Waals surface area contributed by atoms with Crippen LogP contribution in [-0.2, 0) is 11.0 Å². The van der Waals surface area contributed by atoms with Crippen molar-refractivity contribution in [1.82, 2.24) is 0 Å². The van der Waals surface area contributed by atoms with E-state index in [1.54, 1.807) is 6.07 Å². The van der Waals surface area contributed by atoms with Crippen LogP contribution in [-0.4, -0.2) is 0 Å². The van der Waals surface area contributed by atoms with E-state index in [9.17, 15) is 4.39 Å². The van der Waals surface area contributed by atoms with E-state index in [1.165, 1.54) is 0 Å². The van der Waals surface area contributed by atoms with Crippen LogP contribution < -0.4 is 4.74 Å². The van der Waals surface area contributed by atoms with Gasteiger partial charge in [-0.25, -0.2) is 8.78 Å². The highest BCUT2D eigenvalue weighted by Crippen LogP contribution is 2.62. The van der Waals surface area contributed by atoms with Gasteiger partial charge in [0.15, 0.2) is 5.60 Å². The fourth-order valence-electron chi connectivity index (χ4n) is 7.75. The normalized spacial score (nSPS) is 17.8. The largest absolute Gasteiger partial charge is 0.472 e. The summed E-state index contributed by atoms with van der Waals surface area (Å²) in [7, 11) is 0. The van der Waals surface area contributed by atoms with Gasteiger partial charge in [0, 0.05) is 39.1 Å². The number of ether oxygens (including phenoxy) is 1. The molecule has 1 saturated carbocycles. The minimum Gasteiger partial charge on any atom is -0.472 e. The zero-order valence-electron chi connectivity index (χ0n) is 22.1. The molecule has 1 spiro atoms. The lowest BCUT2D eigenvalue weighted by Gasteiger charge is -2.41. The summed E-state index contributed by atoms with van der Waals surface area (Å²) >= 11 is 0. The average Bonchev–Trinajstić information content (AvgIpc) is 3.27. The quantitative estimate of drug-likeness (QED) is 0.222. The summed E-state index contributed by atoms with van der Waals surface area (Å²) in [5, 5.41) is 1.94. The molecular formula is C37H28F2O. The molecule has 196 valence electrons. The van der Waals surface area contributed by atoms with Crippen LogP contribution in [0.3, 0.4) is 0 Å². The van der Waals surface area contributed by atoms with Gasteiger partial charge < -0.3 is 4.74 Å². The van der Waals surface area contributed by atoms with Gasteiger partial charge in [-0.05, 0) is 47.1 Å². The molecule has 3 aliphatic rings. The third kappa shape index (κ3) is 3.12. The number of rotatable bonds is 2. The Morgan fingerprint density at radius 2 is 1.27 bits per heavy atom. The second kappa shape index (κ2) is 8.63. The SMILES string of the molecule is Fc1cc(F)c2c(c1)-c1c(c3c(c4ccccc14)OC(c1ccccc1)(c1ccccc1)C=C3)C21CCCCC1. The number of hydrogen-bond acceptors (Lipinski definition) is 1. The van der Waals surface area contributed by atoms with Crippen molar-refractivity contribution in [1.29, 1.82) is 0 Å². The lowest BCUT2D eigenvalue weighted by Crippen LogP contribution is -2.36. The predicted molar refractivity (Wildman–Crippen MR) is 156 cm³/mol. The predicted octanol–water partition coefficient (Wildman–Crippen LogP) is 9.70. The Hall–Kier alpha value is -4.24. The van der Waals surface area contributed by atoms with Crippen molar-refractivity contribution in [2.24, 2.45) is 0 Å². The molecule has 1 heterocycles. The first-order valence-corrected chi connectivity index (χ1v) is 14.2. The van der Waals surface area contributed by atoms with Gasteiger partial charge in [0.25, 0.3) is 0 Å². The summed E-state index contributed by atoms with van der Waals surface area (Å²) in [6.07, 6.45) is 9.20. The second-order valence-corrected chi connectivity index (χ2v) is 11.4. The topological polar surface area (TPSA) is 9.23 Å². The summed E-state index contributed by atoms with van der Waals surface area (Å²) < 4.78 is 37.9. The molecule has 3 heteroatoms. The van der Waals surface area contributed by atoms with Crippen LogP contribution in [0, 0.1) is 11.6 Å². The van der Waals surface area contributed by atoms with Gasteiger partial charge in [-0.3, -0.25) is 0 Å². The highest BCUT2D eigenvalue weighted by molar-refractivity contribution is 6.08. The minimum atomic E-state index is -0.824. The second-order valence-electron chi connectivity index (χ2n) is 11.4. The number of halogens is 2. The molecule has 1 fully saturated rings. The molecule has 40 heavy (non-hydrogen) atoms. The molecule has 0 bridgehead atoms. The van der Waals surface area contributed by atoms with E-state index in [0.717, 1.165) is 82.5 Å². The van der Waals surface area contributed by atoms with Crippen LogP contribution in [0.25, 0.3) is 28.0 Å². The molecule has 1 aliphatic heterocycles. The summed E-state index contributed by atoms with van der Waals surface area (Å²) in [4.78, 5) is 0. The Morgan fingerprint density at radius 1 is 0.650 bits per heavy atom. The van der Waals surface area contributed by atoms with Crippen molar-refractivity contribution >= 4 is 16.8 Å². The molecule has 0 unspecified atom stereocenters. The van der Waals surface area contributed by atoms with Crippen molar-refractivity contribution < 1.29 is 13.5 Å². The van der Waals surface area contributed by atoms with Crippen LogP contribution in [0.2, 0.25) is 0 Å². The lowest BCUT2D eigenvalue weighted by atomic mass is 9.66. The summed E-state index contributed by atoms with van der Waals surface area (Å²) in [6.45, 7) is 0. The van der Waals surface area contributed by atoms with Crippen molar-refractivity contribution in [2.75, 3.05) is 0 Å². The molecule has 5 aromatic rings. The molecular weight excluding hydrogens is 498 g/mol. The van der Waals surface area contributed by atoms with Crippen molar-refractivity contribution in [3.05, 3.63) is 143 Å². The van der Waals surface area contributed by atoms with E-state index in [-0.39, 0.29) is 0 Å². The molecule has 0 N–H and O–H groups in total. The van der Waals surface area contributed by atoms with E-state index in [2.05, 4.69) is 48.6 Å². The van der Waals surface area contributed by atoms with Crippen LogP contribution in [0.15, 0.2) is 103 Å². The Balaban J connectivity index is 1.48. The maximum Gasteiger partial charge on any atom is 0.178 e. The maximum absolute atomic E-state index is 15.9. The summed E-state index contributed by atoms with van der Waals surface area (Å²) in [5.74, 6) is -0.159. The van der Waals surface area contributed by atoms with E-state index in [4.69, 9.17) is 4.74 Å². The van der Waals surface area contributed by atoms with Gasteiger partial charge in [0.1, 0.15) is 17.4 Å². The van der Waals surface area contributed by atoms with Gasteiger partial charge in [-0.2, -0.15) is 0 Å². The van der Waals surface area contributed by atoms with Crippen LogP contribution in [0.1, 0.15) is 59.9 Å². The summed E-state index contributed by atoms with van der Waals surface area (Å²) in [5.41, 5.74) is 5.18. The number of fused-ring (bicyclic) bond motifs is 10. The highest BCUT2D eigenvalue weighted by Gasteiger charge is 2.50. The fraction of sp³-hybridized carbons (Fsp3) is 0.189. The molecule has 2 aliphatic carbocycles. The smallest absolute Gasteiger partial charge is 0.178 e. The van der Waals surface area contributed by atoms with E-state index < -0.39 is 22.7 Å². The Bertz CT molecular complexity index is 1780. The van der Waals surface area contributed by atoms with Gasteiger partial charge >= 0.3 is 0 Å². The van der Waals surface area contributed by atoms with Crippen LogP contribution in [0.5, 0.6) is 5.75 Å². The van der Waals surface area contributed by atoms with Gasteiger partial charge in [-0.15, -0.1) is 0 Å². The number of hydrogen-bond donors (Lipinski definition) is 0. The first-order chi connectivity index (χ1) is 19.6. The highest BCUT2D eigenvalue weighted by atomic mass is 19.1. The summed E-state index contributed by atoms with van der Waals surface area (Å²) in [6, 6.07) is 31.4. The molecule has 0 aromatic heterocycles. The van der Waals surface area contributed by atoms with Gasteiger partial charge in [0.05, 0.1) is 0 Å². The van der Waals surface area contributed by atoms with Gasteiger partial charge in [0.2, 0.25) is 0 Å². The lowest BCUT2D eigenvalue weighted by molar-refractivity contribution is 0.163. The molecule has 8 rings (SSSR count). The molecule has 5 aromatic carbocycles. The van der Waals surface area contributed by atoms with Crippen molar-refractivity contribution in [2.45, 2.75) is 43.1 Å². The third-order valence-electron chi connectivity index (χ3n) is 9.35. The Kier molecular flexibility index (Phi) is 5.10. The molecule has 1 nitrogen and oxygen atoms in total. The van der Waals surface area contributed by atoms with Crippen LogP contribution in [0.4, 0.5) is 8.78 Å². The monoisotopic (exact) mass is 526 g/mol. The first-order valence-electron chi connectivity index (χ1n) is 14.2. The average molecular weight is 527 g/mol. The van der Waals surface area contributed by atoms with E-state index in [1.807, 2.05) is 48.5 Å². The van der Waals surface area contributed by atoms with E-state index in [0.29, 0.717) is 11.1 Å². The molecule has 0 amide bonds. The minimum absolute atomic E-state index is 0.436. The molecule has 0 radical (unpaired) electrons. The molecule has 0 atom stereocenters. The van der Waals surface area contributed by atoms with Crippen molar-refractivity contribution in [3.63, 3.8) is 0 Å². The third-order valence-corrected chi connectivity index (χ3v) is 9.35. The number of benzene rings is 5. The fourth-order valence-corrected chi connectivity index (χ4v) is 7.75. The zero-order chi connectivity index (χ0) is 26.9. The maximum atomic E-state index is 15.9. The zero-order valence-corrected chi connectivity index (χ0v) is 22.1. The van der Waals surface area contributed by atoms with Gasteiger partial charge in [-0.1, -0.05) is 110 Å². The standard InChI is InChI=1S/C37H28F2O/c38-26-22-30-32-27-16-8-9-17-28(27)35-29(34(32)36(19-10-3-11-20-36)33(30)31(39)23-26)18-21-37(40-35,24-12-4-1-5-13-24)25-14-6-2-7-15-25/h1-2,4-9,12-18,21-23H,3,10-11,19-20H2. The first kappa shape index (κ1) is 23.6. The Morgan fingerprint density at radius 3 is 1.95 bits per heavy atom. The molecule has 0 saturated heterocycles. The van der Waals surface area contributed by atoms with Crippen LogP contribution >= 0.6 is 0 Å². The van der Waals surface area contributed by atoms with Crippen molar-refractivity contribution in [3.8, 4) is 16.9 Å². The Labute approximate surface area is 232 Å².